The molecule has 0 aromatic heterocycles. The van der Waals surface area contributed by atoms with E-state index >= 15 is 0 Å². The van der Waals surface area contributed by atoms with Crippen molar-refractivity contribution in [2.24, 2.45) is 0 Å². The van der Waals surface area contributed by atoms with Crippen LogP contribution in [0.4, 0.5) is 0 Å². The number of hydrogen-bond donors (Lipinski definition) is 2. The van der Waals surface area contributed by atoms with E-state index in [4.69, 9.17) is 9.84 Å². The molecular weight excluding hydrogens is 302 g/mol. The van der Waals surface area contributed by atoms with Crippen LogP contribution in [0.2, 0.25) is 0 Å². The summed E-state index contributed by atoms with van der Waals surface area (Å²) >= 11 is 3.25. The Hall–Kier alpha value is -1.27. The molecule has 0 spiro atoms. The number of aliphatic carboxylic acids is 1. The van der Waals surface area contributed by atoms with Crippen LogP contribution >= 0.6 is 15.9 Å². The fourth-order valence-corrected chi connectivity index (χ4v) is 2.04. The number of benzene rings is 1. The van der Waals surface area contributed by atoms with Crippen LogP contribution in [0.1, 0.15) is 12.0 Å². The van der Waals surface area contributed by atoms with E-state index in [-0.39, 0.29) is 12.2 Å². The molecule has 0 unspecified atom stereocenters. The van der Waals surface area contributed by atoms with Crippen LogP contribution in [-0.2, 0) is 11.3 Å². The fraction of sp³-hybridized carbons (Fsp3) is 0.417. The van der Waals surface area contributed by atoms with Gasteiger partial charge in [0.15, 0.2) is 11.5 Å². The van der Waals surface area contributed by atoms with Gasteiger partial charge in [-0.15, -0.1) is 0 Å². The van der Waals surface area contributed by atoms with Gasteiger partial charge in [-0.05, 0) is 40.7 Å². The summed E-state index contributed by atoms with van der Waals surface area (Å²) in [6.07, 6.45) is 0.104. The maximum absolute atomic E-state index is 10.5. The van der Waals surface area contributed by atoms with Gasteiger partial charge in [0, 0.05) is 13.1 Å². The van der Waals surface area contributed by atoms with Gasteiger partial charge in [-0.2, -0.15) is 0 Å². The zero-order valence-corrected chi connectivity index (χ0v) is 11.9. The Bertz CT molecular complexity index is 436. The summed E-state index contributed by atoms with van der Waals surface area (Å²) in [7, 11) is 3.33. The normalized spacial score (nSPS) is 10.7. The lowest BCUT2D eigenvalue weighted by atomic mass is 10.2. The van der Waals surface area contributed by atoms with Gasteiger partial charge in [0.05, 0.1) is 18.0 Å². The fourth-order valence-electron chi connectivity index (χ4n) is 1.55. The zero-order chi connectivity index (χ0) is 13.7. The summed E-state index contributed by atoms with van der Waals surface area (Å²) in [5, 5.41) is 18.3. The van der Waals surface area contributed by atoms with Gasteiger partial charge in [0.2, 0.25) is 0 Å². The van der Waals surface area contributed by atoms with Crippen molar-refractivity contribution in [2.75, 3.05) is 20.7 Å². The van der Waals surface area contributed by atoms with Crippen LogP contribution in [0.15, 0.2) is 16.6 Å². The molecule has 0 atom stereocenters. The highest BCUT2D eigenvalue weighted by Crippen LogP contribution is 2.35. The lowest BCUT2D eigenvalue weighted by Gasteiger charge is -2.16. The van der Waals surface area contributed by atoms with Crippen molar-refractivity contribution in [1.29, 1.82) is 0 Å². The van der Waals surface area contributed by atoms with E-state index in [1.54, 1.807) is 12.1 Å². The molecule has 0 fully saturated rings. The molecule has 0 amide bonds. The Labute approximate surface area is 114 Å². The third-order valence-electron chi connectivity index (χ3n) is 2.47. The molecule has 2 N–H and O–H groups in total. The molecule has 5 nitrogen and oxygen atoms in total. The van der Waals surface area contributed by atoms with Crippen molar-refractivity contribution < 1.29 is 19.7 Å². The topological polar surface area (TPSA) is 70.0 Å². The number of nitrogens with zero attached hydrogens (tertiary/aromatic N) is 1. The van der Waals surface area contributed by atoms with Crippen LogP contribution in [0.5, 0.6) is 11.5 Å². The number of aromatic hydroxyl groups is 1. The van der Waals surface area contributed by atoms with Crippen LogP contribution in [0.25, 0.3) is 0 Å². The van der Waals surface area contributed by atoms with Crippen LogP contribution < -0.4 is 4.74 Å². The molecule has 100 valence electrons. The van der Waals surface area contributed by atoms with Crippen molar-refractivity contribution in [3.8, 4) is 11.5 Å². The molecule has 0 aliphatic carbocycles. The predicted octanol–water partition coefficient (Wildman–Crippen LogP) is 2.07. The lowest BCUT2D eigenvalue weighted by molar-refractivity contribution is -0.137. The number of carbonyl (C=O) groups is 1. The van der Waals surface area contributed by atoms with Gasteiger partial charge in [0.1, 0.15) is 0 Å². The zero-order valence-electron chi connectivity index (χ0n) is 10.3. The predicted molar refractivity (Wildman–Crippen MR) is 70.9 cm³/mol. The molecular formula is C12H16BrNO4. The highest BCUT2D eigenvalue weighted by Gasteiger charge is 2.10. The number of halogens is 1. The summed E-state index contributed by atoms with van der Waals surface area (Å²) in [6.45, 7) is 1.05. The van der Waals surface area contributed by atoms with E-state index in [1.807, 2.05) is 11.9 Å². The van der Waals surface area contributed by atoms with Crippen LogP contribution in [0, 0.1) is 0 Å². The van der Waals surface area contributed by atoms with E-state index in [0.717, 1.165) is 5.56 Å². The maximum atomic E-state index is 10.5. The molecule has 6 heteroatoms. The first-order chi connectivity index (χ1) is 8.43. The molecule has 0 radical (unpaired) electrons. The largest absolute Gasteiger partial charge is 0.503 e. The Morgan fingerprint density at radius 1 is 1.50 bits per heavy atom. The molecule has 1 aromatic rings. The third-order valence-corrected chi connectivity index (χ3v) is 3.07. The highest BCUT2D eigenvalue weighted by molar-refractivity contribution is 9.10. The monoisotopic (exact) mass is 317 g/mol. The van der Waals surface area contributed by atoms with Crippen molar-refractivity contribution in [3.63, 3.8) is 0 Å². The smallest absolute Gasteiger partial charge is 0.304 e. The first-order valence-electron chi connectivity index (χ1n) is 5.39. The first-order valence-corrected chi connectivity index (χ1v) is 6.19. The number of carboxylic acids is 1. The van der Waals surface area contributed by atoms with Crippen molar-refractivity contribution in [2.45, 2.75) is 13.0 Å². The Morgan fingerprint density at radius 3 is 2.72 bits per heavy atom. The van der Waals surface area contributed by atoms with E-state index < -0.39 is 5.97 Å². The summed E-state index contributed by atoms with van der Waals surface area (Å²) in [6, 6.07) is 3.52. The van der Waals surface area contributed by atoms with Gasteiger partial charge in [-0.25, -0.2) is 0 Å². The van der Waals surface area contributed by atoms with Crippen LogP contribution in [0.3, 0.4) is 0 Å². The molecule has 1 rings (SSSR count). The minimum atomic E-state index is -0.814. The van der Waals surface area contributed by atoms with Gasteiger partial charge in [-0.3, -0.25) is 4.79 Å². The molecule has 0 saturated carbocycles. The standard InChI is InChI=1S/C12H16BrNO4/c1-14(4-3-11(15)16)7-8-5-9(13)12(17)10(6-8)18-2/h5-6,17H,3-4,7H2,1-2H3,(H,15,16). The van der Waals surface area contributed by atoms with E-state index in [9.17, 15) is 9.90 Å². The van der Waals surface area contributed by atoms with Gasteiger partial charge in [0.25, 0.3) is 0 Å². The minimum Gasteiger partial charge on any atom is -0.503 e. The summed E-state index contributed by atoms with van der Waals surface area (Å²) in [5.74, 6) is -0.355. The quantitative estimate of drug-likeness (QED) is 0.840. The summed E-state index contributed by atoms with van der Waals surface area (Å²) in [5.41, 5.74) is 0.935. The van der Waals surface area contributed by atoms with Crippen LogP contribution in [-0.4, -0.2) is 41.8 Å². The number of ether oxygens (including phenoxy) is 1. The van der Waals surface area contributed by atoms with Crippen molar-refractivity contribution >= 4 is 21.9 Å². The Balaban J connectivity index is 2.72. The molecule has 0 heterocycles. The molecule has 0 bridgehead atoms. The number of rotatable bonds is 6. The average molecular weight is 318 g/mol. The summed E-state index contributed by atoms with van der Waals surface area (Å²) in [4.78, 5) is 12.4. The number of carboxylic acid groups (broad SMARTS) is 1. The molecule has 0 aliphatic heterocycles. The SMILES string of the molecule is COc1cc(CN(C)CCC(=O)O)cc(Br)c1O. The summed E-state index contributed by atoms with van der Waals surface area (Å²) < 4.78 is 5.61. The maximum Gasteiger partial charge on any atom is 0.304 e. The van der Waals surface area contributed by atoms with Gasteiger partial charge < -0.3 is 19.8 Å². The van der Waals surface area contributed by atoms with Crippen molar-refractivity contribution in [3.05, 3.63) is 22.2 Å². The van der Waals surface area contributed by atoms with E-state index in [1.165, 1.54) is 7.11 Å². The minimum absolute atomic E-state index is 0.0643. The average Bonchev–Trinajstić information content (AvgIpc) is 2.31. The van der Waals surface area contributed by atoms with E-state index in [2.05, 4.69) is 15.9 Å². The molecule has 0 aliphatic rings. The molecule has 18 heavy (non-hydrogen) atoms. The highest BCUT2D eigenvalue weighted by atomic mass is 79.9. The van der Waals surface area contributed by atoms with Gasteiger partial charge >= 0.3 is 5.97 Å². The lowest BCUT2D eigenvalue weighted by Crippen LogP contribution is -2.21. The molecule has 0 saturated heterocycles. The second-order valence-electron chi connectivity index (χ2n) is 4.01. The van der Waals surface area contributed by atoms with Gasteiger partial charge in [-0.1, -0.05) is 0 Å². The Kier molecular flexibility index (Phi) is 5.43. The molecule has 1 aromatic carbocycles. The van der Waals surface area contributed by atoms with E-state index in [0.29, 0.717) is 23.3 Å². The first kappa shape index (κ1) is 14.8. The second-order valence-corrected chi connectivity index (χ2v) is 4.86. The number of hydrogen-bond acceptors (Lipinski definition) is 4. The number of phenolic OH excluding ortho intramolecular Hbond substituents is 1. The third kappa shape index (κ3) is 4.19. The van der Waals surface area contributed by atoms with Crippen molar-refractivity contribution in [1.82, 2.24) is 4.90 Å². The Morgan fingerprint density at radius 2 is 2.17 bits per heavy atom. The second kappa shape index (κ2) is 6.61. The number of phenols is 1. The number of methoxy groups -OCH3 is 1.